The van der Waals surface area contributed by atoms with Crippen molar-refractivity contribution >= 4 is 29.1 Å². The van der Waals surface area contributed by atoms with Gasteiger partial charge >= 0.3 is 5.97 Å². The van der Waals surface area contributed by atoms with Gasteiger partial charge in [0.25, 0.3) is 5.91 Å². The molecule has 3 aromatic carbocycles. The number of ether oxygens (including phenoxy) is 1. The first-order chi connectivity index (χ1) is 25.8. The molecule has 2 aromatic heterocycles. The van der Waals surface area contributed by atoms with Crippen LogP contribution in [-0.2, 0) is 21.4 Å². The molecule has 0 radical (unpaired) electrons. The Morgan fingerprint density at radius 1 is 0.815 bits per heavy atom. The molecule has 54 heavy (non-hydrogen) atoms. The molecule has 0 aliphatic heterocycles. The van der Waals surface area contributed by atoms with Crippen molar-refractivity contribution in [1.82, 2.24) is 20.6 Å². The first-order valence-corrected chi connectivity index (χ1v) is 18.9. The van der Waals surface area contributed by atoms with E-state index in [1.807, 2.05) is 54.6 Å². The van der Waals surface area contributed by atoms with E-state index in [1.165, 1.54) is 11.3 Å². The minimum absolute atomic E-state index is 0.0559. The number of aromatic nitrogens is 2. The van der Waals surface area contributed by atoms with Crippen LogP contribution in [0.4, 0.5) is 0 Å². The minimum Gasteiger partial charge on any atom is -0.494 e. The van der Waals surface area contributed by atoms with Crippen molar-refractivity contribution in [3.63, 3.8) is 0 Å². The Bertz CT molecular complexity index is 1990. The van der Waals surface area contributed by atoms with Gasteiger partial charge in [-0.3, -0.25) is 9.59 Å². The third-order valence-electron chi connectivity index (χ3n) is 8.90. The summed E-state index contributed by atoms with van der Waals surface area (Å²) in [5, 5.41) is 26.1. The number of carboxylic acid groups (broad SMARTS) is 1. The number of aliphatic hydroxyl groups is 1. The van der Waals surface area contributed by atoms with Gasteiger partial charge in [-0.05, 0) is 65.1 Å². The average Bonchev–Trinajstić information content (AvgIpc) is 3.68. The van der Waals surface area contributed by atoms with Crippen molar-refractivity contribution in [2.75, 3.05) is 6.61 Å². The Kier molecular flexibility index (Phi) is 13.3. The molecule has 0 fully saturated rings. The number of hydrogen-bond donors (Lipinski definition) is 4. The van der Waals surface area contributed by atoms with Crippen LogP contribution in [0.3, 0.4) is 0 Å². The summed E-state index contributed by atoms with van der Waals surface area (Å²) >= 11 is 1.34. The second-order valence-corrected chi connectivity index (χ2v) is 15.8. The molecular formula is C43H48N4O6S. The highest BCUT2D eigenvalue weighted by molar-refractivity contribution is 7.14. The van der Waals surface area contributed by atoms with Crippen molar-refractivity contribution in [1.29, 1.82) is 0 Å². The van der Waals surface area contributed by atoms with E-state index in [0.29, 0.717) is 34.4 Å². The van der Waals surface area contributed by atoms with E-state index in [1.54, 1.807) is 48.8 Å². The lowest BCUT2D eigenvalue weighted by molar-refractivity contribution is -0.145. The second kappa shape index (κ2) is 18.1. The van der Waals surface area contributed by atoms with Crippen LogP contribution in [0.25, 0.3) is 22.5 Å². The van der Waals surface area contributed by atoms with Gasteiger partial charge in [-0.25, -0.2) is 14.8 Å². The van der Waals surface area contributed by atoms with Crippen LogP contribution in [0, 0.1) is 5.92 Å². The number of rotatable bonds is 16. The molecule has 0 aliphatic carbocycles. The Hall–Kier alpha value is -5.39. The number of amides is 2. The number of aliphatic carboxylic acids is 1. The largest absolute Gasteiger partial charge is 0.494 e. The molecule has 2 unspecified atom stereocenters. The lowest BCUT2D eigenvalue weighted by Crippen LogP contribution is -2.54. The fourth-order valence-corrected chi connectivity index (χ4v) is 6.72. The lowest BCUT2D eigenvalue weighted by Gasteiger charge is -2.24. The van der Waals surface area contributed by atoms with Gasteiger partial charge < -0.3 is 25.6 Å². The van der Waals surface area contributed by atoms with Crippen LogP contribution in [-0.4, -0.2) is 56.7 Å². The number of carbonyl (C=O) groups excluding carboxylic acids is 2. The Morgan fingerprint density at radius 2 is 1.46 bits per heavy atom. The van der Waals surface area contributed by atoms with E-state index in [9.17, 15) is 24.6 Å². The fraction of sp³-hybridized carbons (Fsp3) is 0.326. The van der Waals surface area contributed by atoms with E-state index < -0.39 is 36.0 Å². The van der Waals surface area contributed by atoms with Crippen molar-refractivity contribution in [2.24, 2.45) is 5.92 Å². The number of carbonyl (C=O) groups is 3. The molecule has 2 amide bonds. The molecule has 0 saturated carbocycles. The normalized spacial score (nSPS) is 13.2. The maximum absolute atomic E-state index is 13.7. The first kappa shape index (κ1) is 39.8. The predicted molar refractivity (Wildman–Crippen MR) is 211 cm³/mol. The highest BCUT2D eigenvalue weighted by atomic mass is 32.1. The molecule has 10 nitrogen and oxygen atoms in total. The fourth-order valence-electron chi connectivity index (χ4n) is 5.75. The summed E-state index contributed by atoms with van der Waals surface area (Å²) in [4.78, 5) is 50.0. The third kappa shape index (κ3) is 10.8. The van der Waals surface area contributed by atoms with Gasteiger partial charge in [0.1, 0.15) is 17.9 Å². The summed E-state index contributed by atoms with van der Waals surface area (Å²) in [6, 6.07) is 24.2. The molecule has 0 aliphatic rings. The van der Waals surface area contributed by atoms with E-state index >= 15 is 0 Å². The van der Waals surface area contributed by atoms with E-state index in [-0.39, 0.29) is 11.8 Å². The van der Waals surface area contributed by atoms with Crippen LogP contribution in [0.15, 0.2) is 103 Å². The van der Waals surface area contributed by atoms with Gasteiger partial charge in [-0.2, -0.15) is 0 Å². The van der Waals surface area contributed by atoms with Crippen LogP contribution in [0.1, 0.15) is 79.2 Å². The monoisotopic (exact) mass is 748 g/mol. The Labute approximate surface area is 320 Å². The first-order valence-electron chi connectivity index (χ1n) is 18.1. The number of benzene rings is 3. The molecule has 5 rings (SSSR count). The molecule has 5 aromatic rings. The van der Waals surface area contributed by atoms with Crippen molar-refractivity contribution in [3.8, 4) is 28.3 Å². The van der Waals surface area contributed by atoms with E-state index in [4.69, 9.17) is 4.74 Å². The SMILES string of the molecule is CC(C)CCCOc1ccc(-c2cnc(-c3ccc(C[C@H](NC(=O)c4ccc(C(C)(C)C)s4)C(=O)NC(C(=O)O)C(O)c4ccccc4)cc3)nc2)cc1. The van der Waals surface area contributed by atoms with Gasteiger partial charge in [0.2, 0.25) is 5.91 Å². The van der Waals surface area contributed by atoms with E-state index in [2.05, 4.69) is 55.2 Å². The smallest absolute Gasteiger partial charge is 0.329 e. The van der Waals surface area contributed by atoms with Gasteiger partial charge in [0, 0.05) is 34.8 Å². The standard InChI is InChI=1S/C43H48N4O6S/c1-27(2)10-9-23-53-33-19-17-29(18-20-33)32-25-44-39(45-26-32)31-15-13-28(14-16-31)24-34(46-41(50)35-21-22-36(54-35)43(3,4)5)40(49)47-37(42(51)52)38(48)30-11-7-6-8-12-30/h6-8,11-22,25-27,34,37-38,48H,9-10,23-24H2,1-5H3,(H,46,50)(H,47,49)(H,51,52)/t34-,37?,38?/m0/s1. The summed E-state index contributed by atoms with van der Waals surface area (Å²) in [5.74, 6) is -0.612. The summed E-state index contributed by atoms with van der Waals surface area (Å²) < 4.78 is 5.87. The number of hydrogen-bond acceptors (Lipinski definition) is 8. The zero-order chi connectivity index (χ0) is 38.8. The van der Waals surface area contributed by atoms with Gasteiger partial charge in [0.05, 0.1) is 11.5 Å². The molecule has 11 heteroatoms. The zero-order valence-electron chi connectivity index (χ0n) is 31.3. The zero-order valence-corrected chi connectivity index (χ0v) is 32.1. The van der Waals surface area contributed by atoms with Gasteiger partial charge in [-0.1, -0.05) is 101 Å². The average molecular weight is 749 g/mol. The van der Waals surface area contributed by atoms with Gasteiger partial charge in [-0.15, -0.1) is 11.3 Å². The maximum atomic E-state index is 13.7. The summed E-state index contributed by atoms with van der Waals surface area (Å²) in [6.07, 6.45) is 4.22. The maximum Gasteiger partial charge on any atom is 0.329 e. The van der Waals surface area contributed by atoms with Crippen molar-refractivity contribution < 1.29 is 29.3 Å². The molecule has 0 saturated heterocycles. The Morgan fingerprint density at radius 3 is 2.06 bits per heavy atom. The highest BCUT2D eigenvalue weighted by Gasteiger charge is 2.33. The van der Waals surface area contributed by atoms with Crippen LogP contribution in [0.2, 0.25) is 0 Å². The number of carboxylic acids is 1. The summed E-state index contributed by atoms with van der Waals surface area (Å²) in [5.41, 5.74) is 3.46. The molecule has 0 spiro atoms. The van der Waals surface area contributed by atoms with Crippen LogP contribution >= 0.6 is 11.3 Å². The lowest BCUT2D eigenvalue weighted by atomic mass is 9.95. The molecule has 282 valence electrons. The number of nitrogens with one attached hydrogen (secondary N) is 2. The summed E-state index contributed by atoms with van der Waals surface area (Å²) in [7, 11) is 0. The molecule has 0 bridgehead atoms. The topological polar surface area (TPSA) is 151 Å². The number of nitrogens with zero attached hydrogens (tertiary/aromatic N) is 2. The highest BCUT2D eigenvalue weighted by Crippen LogP contribution is 2.30. The number of thiophene rings is 1. The molecule has 4 N–H and O–H groups in total. The molecule has 3 atom stereocenters. The van der Waals surface area contributed by atoms with Crippen molar-refractivity contribution in [3.05, 3.63) is 124 Å². The quantitative estimate of drug-likeness (QED) is 0.0753. The summed E-state index contributed by atoms with van der Waals surface area (Å²) in [6.45, 7) is 11.2. The predicted octanol–water partition coefficient (Wildman–Crippen LogP) is 7.63. The van der Waals surface area contributed by atoms with E-state index in [0.717, 1.165) is 40.2 Å². The van der Waals surface area contributed by atoms with Crippen LogP contribution in [0.5, 0.6) is 5.75 Å². The van der Waals surface area contributed by atoms with Crippen molar-refractivity contribution in [2.45, 2.75) is 77.5 Å². The Balaban J connectivity index is 1.29. The van der Waals surface area contributed by atoms with Gasteiger partial charge in [0.15, 0.2) is 11.9 Å². The van der Waals surface area contributed by atoms with Crippen LogP contribution < -0.4 is 15.4 Å². The molecule has 2 heterocycles. The minimum atomic E-state index is -1.65. The second-order valence-electron chi connectivity index (χ2n) is 14.7. The number of aliphatic hydroxyl groups excluding tert-OH is 1. The molecular weight excluding hydrogens is 701 g/mol. The third-order valence-corrected chi connectivity index (χ3v) is 10.4.